The fourth-order valence-corrected chi connectivity index (χ4v) is 2.47. The van der Waals surface area contributed by atoms with Crippen molar-refractivity contribution in [1.29, 1.82) is 0 Å². The summed E-state index contributed by atoms with van der Waals surface area (Å²) in [6, 6.07) is 11.0. The van der Waals surface area contributed by atoms with E-state index in [1.165, 1.54) is 26.4 Å². The lowest BCUT2D eigenvalue weighted by molar-refractivity contribution is 1.44. The van der Waals surface area contributed by atoms with Gasteiger partial charge in [0.15, 0.2) is 0 Å². The fraction of sp³-hybridized carbons (Fsp3) is 0.231. The third-order valence-corrected chi connectivity index (χ3v) is 3.70. The summed E-state index contributed by atoms with van der Waals surface area (Å²) in [5.74, 6) is 0. The molecule has 2 rings (SSSR count). The van der Waals surface area contributed by atoms with Gasteiger partial charge in [-0.1, -0.05) is 29.8 Å². The molecule has 1 heterocycles. The second-order valence-electron chi connectivity index (χ2n) is 3.72. The van der Waals surface area contributed by atoms with Gasteiger partial charge < -0.3 is 0 Å². The maximum Gasteiger partial charge on any atom is 0.0348 e. The molecule has 1 heteroatoms. The van der Waals surface area contributed by atoms with E-state index < -0.39 is 0 Å². The maximum absolute atomic E-state index is 2.27. The molecule has 0 atom stereocenters. The van der Waals surface area contributed by atoms with Crippen LogP contribution in [-0.4, -0.2) is 0 Å². The first-order valence-electron chi connectivity index (χ1n) is 4.81. The average molecular weight is 202 g/mol. The number of benzene rings is 1. The highest BCUT2D eigenvalue weighted by Gasteiger charge is 2.03. The molecule has 0 nitrogen and oxygen atoms in total. The third-order valence-electron chi connectivity index (χ3n) is 2.50. The Bertz CT molecular complexity index is 415. The van der Waals surface area contributed by atoms with Crippen molar-refractivity contribution in [2.24, 2.45) is 0 Å². The zero-order valence-electron chi connectivity index (χ0n) is 8.79. The van der Waals surface area contributed by atoms with Gasteiger partial charge in [-0.25, -0.2) is 0 Å². The van der Waals surface area contributed by atoms with Crippen molar-refractivity contribution in [2.75, 3.05) is 0 Å². The Morgan fingerprint density at radius 1 is 0.929 bits per heavy atom. The van der Waals surface area contributed by atoms with Crippen LogP contribution in [0.1, 0.15) is 16.0 Å². The molecule has 0 bridgehead atoms. The number of hydrogen-bond donors (Lipinski definition) is 0. The first-order valence-corrected chi connectivity index (χ1v) is 5.62. The van der Waals surface area contributed by atoms with Crippen molar-refractivity contribution < 1.29 is 0 Å². The van der Waals surface area contributed by atoms with Crippen LogP contribution in [0, 0.1) is 20.8 Å². The first-order chi connectivity index (χ1) is 6.66. The molecule has 0 aliphatic heterocycles. The number of aryl methyl sites for hydroxylation is 3. The molecule has 0 aliphatic rings. The third kappa shape index (κ3) is 1.73. The monoisotopic (exact) mass is 202 g/mol. The molecule has 0 unspecified atom stereocenters. The van der Waals surface area contributed by atoms with E-state index >= 15 is 0 Å². The SMILES string of the molecule is Cc1ccc(-c2cc(C)c(C)s2)cc1. The minimum absolute atomic E-state index is 1.32. The molecule has 1 aromatic carbocycles. The minimum Gasteiger partial charge on any atom is -0.140 e. The summed E-state index contributed by atoms with van der Waals surface area (Å²) in [5.41, 5.74) is 4.04. The Morgan fingerprint density at radius 3 is 2.07 bits per heavy atom. The molecule has 14 heavy (non-hydrogen) atoms. The van der Waals surface area contributed by atoms with Gasteiger partial charge in [0.05, 0.1) is 0 Å². The van der Waals surface area contributed by atoms with Crippen molar-refractivity contribution in [1.82, 2.24) is 0 Å². The molecule has 1 aromatic heterocycles. The zero-order valence-corrected chi connectivity index (χ0v) is 9.61. The molecule has 0 saturated carbocycles. The Morgan fingerprint density at radius 2 is 1.57 bits per heavy atom. The lowest BCUT2D eigenvalue weighted by Gasteiger charge is -1.97. The van der Waals surface area contributed by atoms with Crippen LogP contribution in [0.2, 0.25) is 0 Å². The van der Waals surface area contributed by atoms with Gasteiger partial charge in [0.2, 0.25) is 0 Å². The molecule has 0 amide bonds. The molecule has 2 aromatic rings. The van der Waals surface area contributed by atoms with Gasteiger partial charge in [0.1, 0.15) is 0 Å². The van der Waals surface area contributed by atoms with E-state index in [1.807, 2.05) is 11.3 Å². The molecule has 0 fully saturated rings. The van der Waals surface area contributed by atoms with Crippen LogP contribution in [-0.2, 0) is 0 Å². The second-order valence-corrected chi connectivity index (χ2v) is 4.97. The van der Waals surface area contributed by atoms with Crippen LogP contribution in [0.15, 0.2) is 30.3 Å². The summed E-state index contributed by atoms with van der Waals surface area (Å²) in [5, 5.41) is 0. The summed E-state index contributed by atoms with van der Waals surface area (Å²) < 4.78 is 0. The number of rotatable bonds is 1. The second kappa shape index (κ2) is 3.58. The Labute approximate surface area is 89.2 Å². The molecule has 0 N–H and O–H groups in total. The molecule has 0 aliphatic carbocycles. The summed E-state index contributed by atoms with van der Waals surface area (Å²) in [6.07, 6.45) is 0. The van der Waals surface area contributed by atoms with E-state index in [0.717, 1.165) is 0 Å². The molecular weight excluding hydrogens is 188 g/mol. The molecular formula is C13H14S. The molecule has 0 saturated heterocycles. The summed E-state index contributed by atoms with van der Waals surface area (Å²) in [4.78, 5) is 2.79. The van der Waals surface area contributed by atoms with E-state index in [9.17, 15) is 0 Å². The van der Waals surface area contributed by atoms with Crippen LogP contribution in [0.4, 0.5) is 0 Å². The Hall–Kier alpha value is -1.08. The Balaban J connectivity index is 2.44. The fourth-order valence-electron chi connectivity index (χ4n) is 1.43. The predicted molar refractivity (Wildman–Crippen MR) is 64.0 cm³/mol. The summed E-state index contributed by atoms with van der Waals surface area (Å²) in [6.45, 7) is 6.47. The van der Waals surface area contributed by atoms with Crippen LogP contribution in [0.3, 0.4) is 0 Å². The largest absolute Gasteiger partial charge is 0.140 e. The van der Waals surface area contributed by atoms with Crippen LogP contribution >= 0.6 is 11.3 Å². The van der Waals surface area contributed by atoms with Crippen molar-refractivity contribution >= 4 is 11.3 Å². The summed E-state index contributed by atoms with van der Waals surface area (Å²) >= 11 is 1.87. The highest BCUT2D eigenvalue weighted by molar-refractivity contribution is 7.15. The van der Waals surface area contributed by atoms with E-state index in [4.69, 9.17) is 0 Å². The average Bonchev–Trinajstić information content (AvgIpc) is 2.48. The highest BCUT2D eigenvalue weighted by Crippen LogP contribution is 2.30. The predicted octanol–water partition coefficient (Wildman–Crippen LogP) is 4.34. The quantitative estimate of drug-likeness (QED) is 0.645. The van der Waals surface area contributed by atoms with Gasteiger partial charge in [-0.15, -0.1) is 11.3 Å². The van der Waals surface area contributed by atoms with Gasteiger partial charge in [-0.2, -0.15) is 0 Å². The topological polar surface area (TPSA) is 0 Å². The standard InChI is InChI=1S/C13H14S/c1-9-4-6-12(7-5-9)13-8-10(2)11(3)14-13/h4-8H,1-3H3. The number of thiophene rings is 1. The molecule has 0 spiro atoms. The van der Waals surface area contributed by atoms with E-state index in [1.54, 1.807) is 0 Å². The summed E-state index contributed by atoms with van der Waals surface area (Å²) in [7, 11) is 0. The molecule has 0 radical (unpaired) electrons. The van der Waals surface area contributed by atoms with Crippen molar-refractivity contribution in [3.63, 3.8) is 0 Å². The van der Waals surface area contributed by atoms with Gasteiger partial charge in [0.25, 0.3) is 0 Å². The lowest BCUT2D eigenvalue weighted by atomic mass is 10.1. The first kappa shape index (κ1) is 9.47. The van der Waals surface area contributed by atoms with Crippen molar-refractivity contribution in [3.8, 4) is 10.4 Å². The van der Waals surface area contributed by atoms with Crippen LogP contribution < -0.4 is 0 Å². The van der Waals surface area contributed by atoms with E-state index in [2.05, 4.69) is 51.1 Å². The highest BCUT2D eigenvalue weighted by atomic mass is 32.1. The lowest BCUT2D eigenvalue weighted by Crippen LogP contribution is -1.73. The van der Waals surface area contributed by atoms with Gasteiger partial charge >= 0.3 is 0 Å². The van der Waals surface area contributed by atoms with Gasteiger partial charge in [-0.3, -0.25) is 0 Å². The number of hydrogen-bond acceptors (Lipinski definition) is 1. The van der Waals surface area contributed by atoms with Gasteiger partial charge in [0, 0.05) is 9.75 Å². The zero-order chi connectivity index (χ0) is 10.1. The van der Waals surface area contributed by atoms with E-state index in [0.29, 0.717) is 0 Å². The molecule has 72 valence electrons. The normalized spacial score (nSPS) is 10.5. The minimum atomic E-state index is 1.32. The van der Waals surface area contributed by atoms with Crippen molar-refractivity contribution in [3.05, 3.63) is 46.3 Å². The van der Waals surface area contributed by atoms with E-state index in [-0.39, 0.29) is 0 Å². The van der Waals surface area contributed by atoms with Crippen LogP contribution in [0.5, 0.6) is 0 Å². The smallest absolute Gasteiger partial charge is 0.0348 e. The maximum atomic E-state index is 2.27. The Kier molecular flexibility index (Phi) is 2.42. The van der Waals surface area contributed by atoms with Crippen LogP contribution in [0.25, 0.3) is 10.4 Å². The van der Waals surface area contributed by atoms with Crippen molar-refractivity contribution in [2.45, 2.75) is 20.8 Å². The van der Waals surface area contributed by atoms with Gasteiger partial charge in [-0.05, 0) is 38.0 Å².